The molecule has 4 atom stereocenters. The van der Waals surface area contributed by atoms with Crippen molar-refractivity contribution in [3.05, 3.63) is 47.3 Å². The number of nitrogen functional groups attached to an aromatic ring is 1. The van der Waals surface area contributed by atoms with Crippen molar-refractivity contribution in [2.45, 2.75) is 55.8 Å². The van der Waals surface area contributed by atoms with E-state index in [0.717, 1.165) is 48.7 Å². The number of aliphatic hydroxyl groups is 1. The third-order valence-corrected chi connectivity index (χ3v) is 11.5. The second-order valence-corrected chi connectivity index (χ2v) is 14.4. The van der Waals surface area contributed by atoms with E-state index in [4.69, 9.17) is 20.2 Å². The van der Waals surface area contributed by atoms with Gasteiger partial charge in [-0.15, -0.1) is 11.3 Å². The molecule has 4 fully saturated rings. The van der Waals surface area contributed by atoms with Gasteiger partial charge in [0.15, 0.2) is 17.4 Å². The van der Waals surface area contributed by atoms with Gasteiger partial charge in [-0.1, -0.05) is 18.2 Å². The molecule has 2 aromatic carbocycles. The van der Waals surface area contributed by atoms with Gasteiger partial charge in [-0.2, -0.15) is 15.2 Å². The van der Waals surface area contributed by atoms with Gasteiger partial charge >= 0.3 is 6.01 Å². The summed E-state index contributed by atoms with van der Waals surface area (Å²) in [6, 6.07) is 4.58. The standard InChI is InChI=1S/C34H34F3N7O3S/c1-16-9-34(8-7-19(14-45)44(34)11-16)15-47-33-41-28-25(32(42-33)43-12-17-3-4-18(13-43)40-17)29(46-2)27(37)24(26(28)36)20-5-6-22(35)30-23(20)21(10-38)31(39)48-30/h5-6,17-19,40,45H,1,3-4,7-9,11-15,39H2,2H3/t17?,18?,19-,34?/m0/s1. The normalized spacial score (nSPS) is 25.3. The van der Waals surface area contributed by atoms with Crippen LogP contribution in [0.15, 0.2) is 24.3 Å². The molecule has 48 heavy (non-hydrogen) atoms. The largest absolute Gasteiger partial charge is 0.493 e. The first-order chi connectivity index (χ1) is 23.2. The minimum atomic E-state index is -1.03. The lowest BCUT2D eigenvalue weighted by molar-refractivity contribution is 0.0645. The van der Waals surface area contributed by atoms with Crippen LogP contribution in [0.3, 0.4) is 0 Å². The minimum absolute atomic E-state index is 0.0125. The Morgan fingerprint density at radius 2 is 1.94 bits per heavy atom. The van der Waals surface area contributed by atoms with Crippen molar-refractivity contribution in [1.29, 1.82) is 5.26 Å². The highest BCUT2D eigenvalue weighted by molar-refractivity contribution is 7.23. The van der Waals surface area contributed by atoms with E-state index in [1.165, 1.54) is 13.2 Å². The van der Waals surface area contributed by atoms with Gasteiger partial charge in [-0.05, 0) is 43.7 Å². The number of nitrogens with two attached hydrogens (primary N) is 1. The van der Waals surface area contributed by atoms with Gasteiger partial charge in [0, 0.05) is 43.1 Å². The molecule has 0 amide bonds. The molecule has 10 nitrogen and oxygen atoms in total. The van der Waals surface area contributed by atoms with Crippen LogP contribution in [0.2, 0.25) is 0 Å². The number of fused-ring (bicyclic) bond motifs is 5. The average Bonchev–Trinajstić information content (AvgIpc) is 3.80. The lowest BCUT2D eigenvalue weighted by atomic mass is 9.94. The first-order valence-electron chi connectivity index (χ1n) is 16.0. The first-order valence-corrected chi connectivity index (χ1v) is 16.8. The van der Waals surface area contributed by atoms with E-state index in [1.54, 1.807) is 0 Å². The number of hydrogen-bond donors (Lipinski definition) is 3. The monoisotopic (exact) mass is 677 g/mol. The minimum Gasteiger partial charge on any atom is -0.493 e. The second kappa shape index (κ2) is 11.5. The molecular formula is C34H34F3N7O3S. The Hall–Kier alpha value is -4.16. The Bertz CT molecular complexity index is 2040. The van der Waals surface area contributed by atoms with Gasteiger partial charge in [0.05, 0.1) is 40.5 Å². The molecule has 2 bridgehead atoms. The number of anilines is 2. The van der Waals surface area contributed by atoms with Crippen molar-refractivity contribution in [3.63, 3.8) is 0 Å². The van der Waals surface area contributed by atoms with Gasteiger partial charge in [0.2, 0.25) is 0 Å². The molecule has 4 aliphatic rings. The van der Waals surface area contributed by atoms with Gasteiger partial charge in [0.1, 0.15) is 34.8 Å². The first kappa shape index (κ1) is 31.1. The molecule has 2 aromatic heterocycles. The van der Waals surface area contributed by atoms with E-state index in [1.807, 2.05) is 11.0 Å². The number of thiophene rings is 1. The van der Waals surface area contributed by atoms with Gasteiger partial charge in [0.25, 0.3) is 0 Å². The molecule has 4 saturated heterocycles. The van der Waals surface area contributed by atoms with E-state index in [9.17, 15) is 14.8 Å². The molecule has 8 rings (SSSR count). The number of nitriles is 1. The number of aliphatic hydroxyl groups excluding tert-OH is 1. The Morgan fingerprint density at radius 3 is 2.65 bits per heavy atom. The number of halogens is 3. The van der Waals surface area contributed by atoms with Crippen LogP contribution in [0, 0.1) is 28.8 Å². The molecule has 4 aliphatic heterocycles. The average molecular weight is 678 g/mol. The summed E-state index contributed by atoms with van der Waals surface area (Å²) >= 11 is 0.842. The highest BCUT2D eigenvalue weighted by Gasteiger charge is 2.51. The zero-order valence-corrected chi connectivity index (χ0v) is 27.1. The summed E-state index contributed by atoms with van der Waals surface area (Å²) in [5.41, 5.74) is 5.82. The molecular weight excluding hydrogens is 643 g/mol. The Kier molecular flexibility index (Phi) is 7.44. The molecule has 0 aliphatic carbocycles. The summed E-state index contributed by atoms with van der Waals surface area (Å²) in [5.74, 6) is -2.69. The van der Waals surface area contributed by atoms with Crippen LogP contribution in [-0.4, -0.2) is 83.6 Å². The molecule has 0 spiro atoms. The molecule has 0 radical (unpaired) electrons. The Labute approximate surface area is 278 Å². The van der Waals surface area contributed by atoms with Crippen molar-refractivity contribution >= 4 is 43.1 Å². The lowest BCUT2D eigenvalue weighted by Gasteiger charge is -2.35. The van der Waals surface area contributed by atoms with Crippen LogP contribution < -0.4 is 25.4 Å². The van der Waals surface area contributed by atoms with Crippen LogP contribution >= 0.6 is 11.3 Å². The van der Waals surface area contributed by atoms with Gasteiger partial charge < -0.3 is 30.5 Å². The van der Waals surface area contributed by atoms with Crippen LogP contribution in [0.5, 0.6) is 11.8 Å². The summed E-state index contributed by atoms with van der Waals surface area (Å²) in [4.78, 5) is 13.6. The molecule has 250 valence electrons. The molecule has 6 heterocycles. The third-order valence-electron chi connectivity index (χ3n) is 10.5. The highest BCUT2D eigenvalue weighted by atomic mass is 32.1. The maximum absolute atomic E-state index is 17.1. The fraction of sp³-hybridized carbons (Fsp3) is 0.441. The van der Waals surface area contributed by atoms with Crippen molar-refractivity contribution in [2.75, 3.05) is 50.6 Å². The molecule has 3 unspecified atom stereocenters. The van der Waals surface area contributed by atoms with E-state index in [0.29, 0.717) is 31.9 Å². The maximum atomic E-state index is 17.1. The fourth-order valence-corrected chi connectivity index (χ4v) is 9.35. The van der Waals surface area contributed by atoms with Gasteiger partial charge in [-0.25, -0.2) is 13.2 Å². The smallest absolute Gasteiger partial charge is 0.319 e. The summed E-state index contributed by atoms with van der Waals surface area (Å²) in [6.45, 7) is 6.17. The molecule has 0 saturated carbocycles. The Balaban J connectivity index is 1.32. The fourth-order valence-electron chi connectivity index (χ4n) is 8.40. The van der Waals surface area contributed by atoms with E-state index >= 15 is 8.78 Å². The number of hydrogen-bond acceptors (Lipinski definition) is 11. The zero-order valence-electron chi connectivity index (χ0n) is 26.3. The summed E-state index contributed by atoms with van der Waals surface area (Å²) in [7, 11) is 1.29. The number of ether oxygens (including phenoxy) is 2. The second-order valence-electron chi connectivity index (χ2n) is 13.3. The van der Waals surface area contributed by atoms with Gasteiger partial charge in [-0.3, -0.25) is 4.90 Å². The summed E-state index contributed by atoms with van der Waals surface area (Å²) in [5, 5.41) is 23.6. The quantitative estimate of drug-likeness (QED) is 0.233. The van der Waals surface area contributed by atoms with Crippen molar-refractivity contribution in [3.8, 4) is 29.0 Å². The summed E-state index contributed by atoms with van der Waals surface area (Å²) in [6.07, 6.45) is 4.21. The number of nitrogens with one attached hydrogen (secondary N) is 1. The van der Waals surface area contributed by atoms with E-state index < -0.39 is 28.6 Å². The zero-order chi connectivity index (χ0) is 33.5. The number of rotatable bonds is 7. The SMILES string of the molecule is C=C1CN2[C@H](CO)CCC2(COc2nc(N3CC4CCC(C3)N4)c3c(OC)c(F)c(-c4ccc(F)c5sc(N)c(C#N)c45)c(F)c3n2)C1. The number of piperazine rings is 1. The van der Waals surface area contributed by atoms with Crippen LogP contribution in [0.1, 0.15) is 37.7 Å². The van der Waals surface area contributed by atoms with Crippen molar-refractivity contribution < 1.29 is 27.8 Å². The lowest BCUT2D eigenvalue weighted by Crippen LogP contribution is -2.51. The predicted octanol–water partition coefficient (Wildman–Crippen LogP) is 4.87. The van der Waals surface area contributed by atoms with E-state index in [2.05, 4.69) is 21.8 Å². The van der Waals surface area contributed by atoms with E-state index in [-0.39, 0.29) is 80.2 Å². The van der Waals surface area contributed by atoms with Crippen molar-refractivity contribution in [1.82, 2.24) is 20.2 Å². The molecule has 14 heteroatoms. The molecule has 4 N–H and O–H groups in total. The highest BCUT2D eigenvalue weighted by Crippen LogP contribution is 2.48. The number of benzene rings is 2. The molecule has 4 aromatic rings. The van der Waals surface area contributed by atoms with Crippen LogP contribution in [-0.2, 0) is 0 Å². The van der Waals surface area contributed by atoms with Crippen LogP contribution in [0.25, 0.3) is 32.1 Å². The number of methoxy groups -OCH3 is 1. The Morgan fingerprint density at radius 1 is 1.17 bits per heavy atom. The maximum Gasteiger partial charge on any atom is 0.319 e. The third kappa shape index (κ3) is 4.62. The van der Waals surface area contributed by atoms with Crippen LogP contribution in [0.4, 0.5) is 24.0 Å². The topological polar surface area (TPSA) is 133 Å². The van der Waals surface area contributed by atoms with Crippen molar-refractivity contribution in [2.24, 2.45) is 0 Å². The summed E-state index contributed by atoms with van der Waals surface area (Å²) < 4.78 is 60.7. The number of nitrogens with zero attached hydrogens (tertiary/aromatic N) is 5. The number of aromatic nitrogens is 2. The predicted molar refractivity (Wildman–Crippen MR) is 177 cm³/mol.